The van der Waals surface area contributed by atoms with Crippen molar-refractivity contribution in [1.29, 1.82) is 0 Å². The lowest BCUT2D eigenvalue weighted by molar-refractivity contribution is -0.143. The van der Waals surface area contributed by atoms with Crippen molar-refractivity contribution in [2.24, 2.45) is 17.3 Å². The maximum absolute atomic E-state index is 13.0. The lowest BCUT2D eigenvalue weighted by atomic mass is 9.98. The number of amides is 2. The van der Waals surface area contributed by atoms with Crippen LogP contribution in [0.2, 0.25) is 0 Å². The number of carboxylic acid groups (broad SMARTS) is 1. The van der Waals surface area contributed by atoms with Crippen LogP contribution in [0.25, 0.3) is 11.1 Å². The van der Waals surface area contributed by atoms with Crippen LogP contribution >= 0.6 is 0 Å². The van der Waals surface area contributed by atoms with Crippen molar-refractivity contribution in [3.63, 3.8) is 0 Å². The Morgan fingerprint density at radius 2 is 1.66 bits per heavy atom. The monoisotopic (exact) mass is 476 g/mol. The largest absolute Gasteiger partial charge is 0.481 e. The van der Waals surface area contributed by atoms with Crippen LogP contribution in [0.5, 0.6) is 0 Å². The van der Waals surface area contributed by atoms with E-state index in [1.807, 2.05) is 38.1 Å². The summed E-state index contributed by atoms with van der Waals surface area (Å²) in [5.74, 6) is -0.775. The highest BCUT2D eigenvalue weighted by Crippen LogP contribution is 2.63. The van der Waals surface area contributed by atoms with E-state index in [0.29, 0.717) is 25.7 Å². The van der Waals surface area contributed by atoms with E-state index in [9.17, 15) is 19.5 Å². The number of fused-ring (bicyclic) bond motifs is 4. The van der Waals surface area contributed by atoms with E-state index in [1.165, 1.54) is 0 Å². The fraction of sp³-hybridized carbons (Fsp3) is 0.464. The average Bonchev–Trinajstić information content (AvgIpc) is 3.26. The molecule has 2 saturated carbocycles. The fourth-order valence-corrected chi connectivity index (χ4v) is 6.05. The second-order valence-electron chi connectivity index (χ2n) is 10.7. The summed E-state index contributed by atoms with van der Waals surface area (Å²) in [5, 5.41) is 15.2. The van der Waals surface area contributed by atoms with E-state index < -0.39 is 23.5 Å². The van der Waals surface area contributed by atoms with Crippen molar-refractivity contribution in [1.82, 2.24) is 10.6 Å². The quantitative estimate of drug-likeness (QED) is 0.527. The Bertz CT molecular complexity index is 1120. The summed E-state index contributed by atoms with van der Waals surface area (Å²) in [4.78, 5) is 37.4. The summed E-state index contributed by atoms with van der Waals surface area (Å²) in [6, 6.07) is 15.4. The van der Waals surface area contributed by atoms with Gasteiger partial charge in [-0.25, -0.2) is 4.79 Å². The number of hydrogen-bond donors (Lipinski definition) is 3. The molecule has 1 unspecified atom stereocenters. The van der Waals surface area contributed by atoms with Crippen LogP contribution in [-0.2, 0) is 14.3 Å². The minimum Gasteiger partial charge on any atom is -0.481 e. The third kappa shape index (κ3) is 4.40. The number of ether oxygens (including phenoxy) is 1. The average molecular weight is 477 g/mol. The number of alkyl carbamates (subject to hydrolysis) is 1. The first-order valence-electron chi connectivity index (χ1n) is 12.4. The van der Waals surface area contributed by atoms with Gasteiger partial charge >= 0.3 is 12.1 Å². The molecule has 0 bridgehead atoms. The number of aliphatic carboxylic acids is 1. The number of nitrogens with one attached hydrogen (secondary N) is 2. The predicted octanol–water partition coefficient (Wildman–Crippen LogP) is 4.31. The van der Waals surface area contributed by atoms with Gasteiger partial charge in [-0.05, 0) is 59.8 Å². The van der Waals surface area contributed by atoms with E-state index in [-0.39, 0.29) is 36.3 Å². The molecule has 0 heterocycles. The molecule has 7 heteroatoms. The summed E-state index contributed by atoms with van der Waals surface area (Å²) in [5.41, 5.74) is 3.91. The zero-order chi connectivity index (χ0) is 24.7. The van der Waals surface area contributed by atoms with Gasteiger partial charge in [0, 0.05) is 12.0 Å². The van der Waals surface area contributed by atoms with Gasteiger partial charge in [-0.2, -0.15) is 0 Å². The van der Waals surface area contributed by atoms with E-state index in [1.54, 1.807) is 0 Å². The molecule has 5 rings (SSSR count). The molecular weight excluding hydrogens is 444 g/mol. The lowest BCUT2D eigenvalue weighted by Gasteiger charge is -2.24. The zero-order valence-electron chi connectivity index (χ0n) is 20.1. The molecule has 0 saturated heterocycles. The van der Waals surface area contributed by atoms with Crippen molar-refractivity contribution in [3.8, 4) is 11.1 Å². The summed E-state index contributed by atoms with van der Waals surface area (Å²) in [6.07, 6.45) is 1.68. The van der Waals surface area contributed by atoms with Crippen molar-refractivity contribution < 1.29 is 24.2 Å². The number of rotatable bonds is 8. The summed E-state index contributed by atoms with van der Waals surface area (Å²) in [7, 11) is 0. The molecule has 0 aromatic heterocycles. The minimum absolute atomic E-state index is 0.0528. The maximum atomic E-state index is 13.0. The van der Waals surface area contributed by atoms with Gasteiger partial charge in [0.1, 0.15) is 12.6 Å². The van der Waals surface area contributed by atoms with Gasteiger partial charge in [-0.3, -0.25) is 9.59 Å². The third-order valence-electron chi connectivity index (χ3n) is 7.84. The van der Waals surface area contributed by atoms with Crippen LogP contribution in [0.3, 0.4) is 0 Å². The standard InChI is InChI=1S/C28H32N2O5/c1-16(2)11-24(25(31)29-18-12-17-13-28(17,14-18)26(32)33)30-27(34)35-15-23-21-9-5-3-7-19(21)20-8-4-6-10-22(20)23/h3-10,16-18,23-24H,11-15H2,1-2H3,(H,29,31)(H,30,34)(H,32,33)/t17-,18+,24?,28+/m0/s1. The molecular formula is C28H32N2O5. The topological polar surface area (TPSA) is 105 Å². The number of hydrogen-bond acceptors (Lipinski definition) is 4. The maximum Gasteiger partial charge on any atom is 0.407 e. The van der Waals surface area contributed by atoms with E-state index in [2.05, 4.69) is 34.9 Å². The first-order chi connectivity index (χ1) is 16.8. The van der Waals surface area contributed by atoms with Crippen molar-refractivity contribution in [2.75, 3.05) is 6.61 Å². The number of benzene rings is 2. The van der Waals surface area contributed by atoms with Crippen LogP contribution in [-0.4, -0.2) is 41.8 Å². The molecule has 0 aliphatic heterocycles. The molecule has 2 aromatic rings. The molecule has 2 amide bonds. The van der Waals surface area contributed by atoms with E-state index in [4.69, 9.17) is 4.74 Å². The smallest absolute Gasteiger partial charge is 0.407 e. The van der Waals surface area contributed by atoms with Crippen LogP contribution in [0, 0.1) is 17.3 Å². The Balaban J connectivity index is 1.20. The van der Waals surface area contributed by atoms with Crippen LogP contribution in [0.1, 0.15) is 56.6 Å². The number of carbonyl (C=O) groups excluding carboxylic acids is 2. The SMILES string of the molecule is CC(C)CC(NC(=O)OCC1c2ccccc2-c2ccccc21)C(=O)N[C@@H]1C[C@H]2C[C@@]2(C(=O)O)C1. The van der Waals surface area contributed by atoms with Gasteiger partial charge in [0.2, 0.25) is 5.91 Å². The van der Waals surface area contributed by atoms with Crippen LogP contribution in [0.4, 0.5) is 4.79 Å². The van der Waals surface area contributed by atoms with Gasteiger partial charge in [-0.15, -0.1) is 0 Å². The second-order valence-corrected chi connectivity index (χ2v) is 10.7. The highest BCUT2D eigenvalue weighted by atomic mass is 16.5. The zero-order valence-corrected chi connectivity index (χ0v) is 20.1. The highest BCUT2D eigenvalue weighted by Gasteiger charge is 2.65. The van der Waals surface area contributed by atoms with Gasteiger partial charge < -0.3 is 20.5 Å². The molecule has 3 aliphatic carbocycles. The second kappa shape index (κ2) is 9.02. The van der Waals surface area contributed by atoms with Crippen LogP contribution < -0.4 is 10.6 Å². The Labute approximate surface area is 205 Å². The van der Waals surface area contributed by atoms with E-state index in [0.717, 1.165) is 22.3 Å². The normalized spacial score (nSPS) is 24.8. The van der Waals surface area contributed by atoms with Crippen molar-refractivity contribution in [3.05, 3.63) is 59.7 Å². The molecule has 2 fully saturated rings. The first-order valence-corrected chi connectivity index (χ1v) is 12.4. The third-order valence-corrected chi connectivity index (χ3v) is 7.84. The summed E-state index contributed by atoms with van der Waals surface area (Å²) < 4.78 is 5.64. The number of carboxylic acids is 1. The Morgan fingerprint density at radius 3 is 2.23 bits per heavy atom. The number of carbonyl (C=O) groups is 3. The molecule has 4 atom stereocenters. The van der Waals surface area contributed by atoms with Crippen molar-refractivity contribution in [2.45, 2.75) is 57.5 Å². The Kier molecular flexibility index (Phi) is 6.03. The fourth-order valence-electron chi connectivity index (χ4n) is 6.05. The van der Waals surface area contributed by atoms with Gasteiger partial charge in [0.25, 0.3) is 0 Å². The van der Waals surface area contributed by atoms with Gasteiger partial charge in [0.15, 0.2) is 0 Å². The van der Waals surface area contributed by atoms with Crippen LogP contribution in [0.15, 0.2) is 48.5 Å². The molecule has 35 heavy (non-hydrogen) atoms. The van der Waals surface area contributed by atoms with Gasteiger partial charge in [0.05, 0.1) is 5.41 Å². The summed E-state index contributed by atoms with van der Waals surface area (Å²) >= 11 is 0. The van der Waals surface area contributed by atoms with Gasteiger partial charge in [-0.1, -0.05) is 62.4 Å². The lowest BCUT2D eigenvalue weighted by Crippen LogP contribution is -2.50. The molecule has 0 spiro atoms. The molecule has 184 valence electrons. The Morgan fingerprint density at radius 1 is 1.03 bits per heavy atom. The first kappa shape index (κ1) is 23.4. The molecule has 0 radical (unpaired) electrons. The molecule has 2 aromatic carbocycles. The van der Waals surface area contributed by atoms with Crippen molar-refractivity contribution >= 4 is 18.0 Å². The van der Waals surface area contributed by atoms with E-state index >= 15 is 0 Å². The predicted molar refractivity (Wildman–Crippen MR) is 131 cm³/mol. The Hall–Kier alpha value is -3.35. The molecule has 3 N–H and O–H groups in total. The summed E-state index contributed by atoms with van der Waals surface area (Å²) in [6.45, 7) is 4.16. The minimum atomic E-state index is -0.769. The molecule has 7 nitrogen and oxygen atoms in total. The highest BCUT2D eigenvalue weighted by molar-refractivity contribution is 5.86. The molecule has 3 aliphatic rings.